The Bertz CT molecular complexity index is 1360. The van der Waals surface area contributed by atoms with E-state index < -0.39 is 11.7 Å². The Morgan fingerprint density at radius 3 is 2.33 bits per heavy atom. The summed E-state index contributed by atoms with van der Waals surface area (Å²) in [5.41, 5.74) is 1.82. The van der Waals surface area contributed by atoms with Crippen molar-refractivity contribution in [1.29, 1.82) is 0 Å². The summed E-state index contributed by atoms with van der Waals surface area (Å²) < 4.78 is 30.2. The highest BCUT2D eigenvalue weighted by Gasteiger charge is 2.14. The Hall–Kier alpha value is -4.37. The number of anilines is 2. The number of nitrogens with zero attached hydrogens (tertiary/aromatic N) is 2. The van der Waals surface area contributed by atoms with Gasteiger partial charge in [0, 0.05) is 28.5 Å². The molecule has 1 amide bonds. The Balaban J connectivity index is 1.49. The van der Waals surface area contributed by atoms with Crippen LogP contribution >= 0.6 is 11.6 Å². The zero-order valence-electron chi connectivity index (χ0n) is 19.4. The summed E-state index contributed by atoms with van der Waals surface area (Å²) in [5.74, 6) is -0.121. The van der Waals surface area contributed by atoms with Gasteiger partial charge in [-0.3, -0.25) is 4.79 Å². The smallest absolute Gasteiger partial charge is 0.328 e. The number of carbonyl (C=O) groups is 1. The molecule has 4 rings (SSSR count). The van der Waals surface area contributed by atoms with E-state index in [4.69, 9.17) is 25.8 Å². The Morgan fingerprint density at radius 2 is 1.61 bits per heavy atom. The van der Waals surface area contributed by atoms with Gasteiger partial charge < -0.3 is 24.8 Å². The van der Waals surface area contributed by atoms with E-state index in [1.807, 2.05) is 6.07 Å². The van der Waals surface area contributed by atoms with Crippen LogP contribution in [0, 0.1) is 5.82 Å². The normalized spacial score (nSPS) is 10.4. The second-order valence-electron chi connectivity index (χ2n) is 7.42. The number of halogens is 2. The highest BCUT2D eigenvalue weighted by atomic mass is 35.5. The molecule has 1 aromatic heterocycles. The van der Waals surface area contributed by atoms with Gasteiger partial charge in [0.05, 0.1) is 25.8 Å². The van der Waals surface area contributed by atoms with Crippen molar-refractivity contribution < 1.29 is 23.4 Å². The van der Waals surface area contributed by atoms with Crippen LogP contribution in [0.2, 0.25) is 5.02 Å². The first-order valence-corrected chi connectivity index (χ1v) is 11.2. The van der Waals surface area contributed by atoms with Crippen molar-refractivity contribution in [3.05, 3.63) is 94.8 Å². The van der Waals surface area contributed by atoms with Crippen molar-refractivity contribution in [2.24, 2.45) is 0 Å². The monoisotopic (exact) mass is 508 g/mol. The van der Waals surface area contributed by atoms with Crippen LogP contribution in [0.5, 0.6) is 23.5 Å². The van der Waals surface area contributed by atoms with E-state index in [1.54, 1.807) is 42.5 Å². The third-order valence-electron chi connectivity index (χ3n) is 5.06. The summed E-state index contributed by atoms with van der Waals surface area (Å²) in [4.78, 5) is 20.8. The lowest BCUT2D eigenvalue weighted by Gasteiger charge is -2.14. The minimum atomic E-state index is -0.590. The van der Waals surface area contributed by atoms with Crippen LogP contribution in [-0.4, -0.2) is 30.1 Å². The van der Waals surface area contributed by atoms with E-state index in [9.17, 15) is 9.18 Å². The van der Waals surface area contributed by atoms with E-state index in [1.165, 1.54) is 38.5 Å². The van der Waals surface area contributed by atoms with Crippen LogP contribution in [0.15, 0.2) is 72.8 Å². The zero-order valence-corrected chi connectivity index (χ0v) is 20.2. The number of amides is 1. The fourth-order valence-corrected chi connectivity index (χ4v) is 3.52. The molecule has 184 valence electrons. The van der Waals surface area contributed by atoms with Crippen LogP contribution < -0.4 is 24.8 Å². The molecule has 0 aliphatic rings. The molecule has 0 saturated carbocycles. The van der Waals surface area contributed by atoms with E-state index in [-0.39, 0.29) is 23.3 Å². The molecule has 4 aromatic rings. The molecular weight excluding hydrogens is 487 g/mol. The van der Waals surface area contributed by atoms with Gasteiger partial charge in [-0.05, 0) is 42.5 Å². The van der Waals surface area contributed by atoms with Crippen LogP contribution in [0.1, 0.15) is 15.9 Å². The van der Waals surface area contributed by atoms with Gasteiger partial charge in [0.2, 0.25) is 11.8 Å². The maximum atomic E-state index is 13.9. The molecule has 1 heterocycles. The largest absolute Gasteiger partial charge is 0.481 e. The molecule has 0 spiro atoms. The lowest BCUT2D eigenvalue weighted by atomic mass is 10.1. The second-order valence-corrected chi connectivity index (χ2v) is 7.83. The van der Waals surface area contributed by atoms with E-state index in [0.29, 0.717) is 34.3 Å². The molecule has 0 fully saturated rings. The summed E-state index contributed by atoms with van der Waals surface area (Å²) in [5, 5.41) is 6.43. The van der Waals surface area contributed by atoms with Crippen molar-refractivity contribution in [2.45, 2.75) is 6.54 Å². The standard InChI is InChI=1S/C26H22ClFN4O4/c1-34-23-14-24(35-2)32-26(31-23)36-22-12-6-10-20(27)19(22)15-29-16-7-5-8-17(13-16)30-25(33)18-9-3-4-11-21(18)28/h3-14,29H,15H2,1-2H3,(H,30,33). The minimum absolute atomic E-state index is 0.0348. The summed E-state index contributed by atoms with van der Waals surface area (Å²) in [7, 11) is 2.96. The molecule has 0 aliphatic carbocycles. The number of ether oxygens (including phenoxy) is 3. The van der Waals surface area contributed by atoms with Crippen molar-refractivity contribution in [3.63, 3.8) is 0 Å². The van der Waals surface area contributed by atoms with Gasteiger partial charge in [-0.15, -0.1) is 0 Å². The van der Waals surface area contributed by atoms with Crippen molar-refractivity contribution in [1.82, 2.24) is 9.97 Å². The van der Waals surface area contributed by atoms with Gasteiger partial charge in [0.15, 0.2) is 0 Å². The van der Waals surface area contributed by atoms with Crippen LogP contribution in [-0.2, 0) is 6.54 Å². The lowest BCUT2D eigenvalue weighted by molar-refractivity contribution is 0.102. The molecular formula is C26H22ClFN4O4. The molecule has 0 atom stereocenters. The van der Waals surface area contributed by atoms with Gasteiger partial charge in [0.25, 0.3) is 5.91 Å². The first-order chi connectivity index (χ1) is 17.5. The highest BCUT2D eigenvalue weighted by molar-refractivity contribution is 6.31. The van der Waals surface area contributed by atoms with Crippen molar-refractivity contribution in [3.8, 4) is 23.5 Å². The Labute approximate surface area is 212 Å². The Morgan fingerprint density at radius 1 is 0.917 bits per heavy atom. The lowest BCUT2D eigenvalue weighted by Crippen LogP contribution is -2.13. The van der Waals surface area contributed by atoms with Crippen molar-refractivity contribution in [2.75, 3.05) is 24.9 Å². The molecule has 2 N–H and O–H groups in total. The molecule has 3 aromatic carbocycles. The van der Waals surface area contributed by atoms with Gasteiger partial charge in [-0.2, -0.15) is 9.97 Å². The number of carbonyl (C=O) groups excluding carboxylic acids is 1. The predicted octanol–water partition coefficient (Wildman–Crippen LogP) is 5.94. The van der Waals surface area contributed by atoms with Crippen LogP contribution in [0.25, 0.3) is 0 Å². The maximum absolute atomic E-state index is 13.9. The quantitative estimate of drug-likeness (QED) is 0.289. The predicted molar refractivity (Wildman–Crippen MR) is 135 cm³/mol. The molecule has 36 heavy (non-hydrogen) atoms. The summed E-state index contributed by atoms with van der Waals surface area (Å²) >= 11 is 6.46. The number of methoxy groups -OCH3 is 2. The topological polar surface area (TPSA) is 94.6 Å². The number of rotatable bonds is 9. The number of nitrogens with one attached hydrogen (secondary N) is 2. The van der Waals surface area contributed by atoms with E-state index >= 15 is 0 Å². The van der Waals surface area contributed by atoms with E-state index in [0.717, 1.165) is 0 Å². The first kappa shape index (κ1) is 24.7. The van der Waals surface area contributed by atoms with Crippen LogP contribution in [0.4, 0.5) is 15.8 Å². The fourth-order valence-electron chi connectivity index (χ4n) is 3.28. The van der Waals surface area contributed by atoms with Gasteiger partial charge >= 0.3 is 6.01 Å². The third-order valence-corrected chi connectivity index (χ3v) is 5.42. The van der Waals surface area contributed by atoms with E-state index in [2.05, 4.69) is 20.6 Å². The fraction of sp³-hybridized carbons (Fsp3) is 0.115. The Kier molecular flexibility index (Phi) is 7.82. The third kappa shape index (κ3) is 6.00. The van der Waals surface area contributed by atoms with Gasteiger partial charge in [0.1, 0.15) is 11.6 Å². The number of hydrogen-bond donors (Lipinski definition) is 2. The second kappa shape index (κ2) is 11.4. The van der Waals surface area contributed by atoms with Gasteiger partial charge in [-0.1, -0.05) is 35.9 Å². The van der Waals surface area contributed by atoms with Crippen LogP contribution in [0.3, 0.4) is 0 Å². The molecule has 8 nitrogen and oxygen atoms in total. The molecule has 10 heteroatoms. The molecule has 0 bridgehead atoms. The summed E-state index contributed by atoms with van der Waals surface area (Å²) in [6, 6.07) is 19.6. The molecule has 0 saturated heterocycles. The van der Waals surface area contributed by atoms with Gasteiger partial charge in [-0.25, -0.2) is 4.39 Å². The highest BCUT2D eigenvalue weighted by Crippen LogP contribution is 2.31. The zero-order chi connectivity index (χ0) is 25.5. The molecule has 0 radical (unpaired) electrons. The number of benzene rings is 3. The number of hydrogen-bond acceptors (Lipinski definition) is 7. The average Bonchev–Trinajstić information content (AvgIpc) is 2.88. The number of aromatic nitrogens is 2. The average molecular weight is 509 g/mol. The van der Waals surface area contributed by atoms with Crippen molar-refractivity contribution >= 4 is 28.9 Å². The summed E-state index contributed by atoms with van der Waals surface area (Å²) in [6.45, 7) is 0.292. The first-order valence-electron chi connectivity index (χ1n) is 10.8. The minimum Gasteiger partial charge on any atom is -0.481 e. The summed E-state index contributed by atoms with van der Waals surface area (Å²) in [6.07, 6.45) is 0. The SMILES string of the molecule is COc1cc(OC)nc(Oc2cccc(Cl)c2CNc2cccc(NC(=O)c3ccccc3F)c2)n1. The maximum Gasteiger partial charge on any atom is 0.328 e. The molecule has 0 aliphatic heterocycles. The molecule has 0 unspecified atom stereocenters.